The number of carboxylic acids is 1. The minimum Gasteiger partial charge on any atom is -0.481 e. The molecule has 1 unspecified atom stereocenters. The van der Waals surface area contributed by atoms with Gasteiger partial charge in [0.05, 0.1) is 17.0 Å². The molecule has 4 nitrogen and oxygen atoms in total. The first-order chi connectivity index (χ1) is 9.66. The number of amides is 1. The largest absolute Gasteiger partial charge is 0.481 e. The molecule has 0 spiro atoms. The first-order valence-corrected chi connectivity index (χ1v) is 6.83. The van der Waals surface area contributed by atoms with Gasteiger partial charge in [-0.3, -0.25) is 9.59 Å². The monoisotopic (exact) mass is 367 g/mol. The number of aliphatic carboxylic acids is 1. The molecule has 0 aliphatic carbocycles. The minimum atomic E-state index is -4.55. The van der Waals surface area contributed by atoms with Gasteiger partial charge in [0.2, 0.25) is 0 Å². The normalized spacial score (nSPS) is 12.8. The molecule has 0 fully saturated rings. The van der Waals surface area contributed by atoms with Gasteiger partial charge in [-0.05, 0) is 40.5 Å². The molecule has 0 aliphatic rings. The van der Waals surface area contributed by atoms with E-state index in [0.717, 1.165) is 18.2 Å². The molecule has 8 heteroatoms. The molecule has 1 amide bonds. The molecular weight excluding hydrogens is 355 g/mol. The Kier molecular flexibility index (Phi) is 5.77. The fourth-order valence-electron chi connectivity index (χ4n) is 1.59. The van der Waals surface area contributed by atoms with Gasteiger partial charge in [-0.15, -0.1) is 0 Å². The predicted molar refractivity (Wildman–Crippen MR) is 72.9 cm³/mol. The van der Waals surface area contributed by atoms with E-state index >= 15 is 0 Å². The smallest absolute Gasteiger partial charge is 0.416 e. The number of carboxylic acid groups (broad SMARTS) is 1. The summed E-state index contributed by atoms with van der Waals surface area (Å²) < 4.78 is 38.0. The van der Waals surface area contributed by atoms with Crippen LogP contribution in [0.25, 0.3) is 0 Å². The van der Waals surface area contributed by atoms with Crippen molar-refractivity contribution in [3.05, 3.63) is 33.8 Å². The summed E-state index contributed by atoms with van der Waals surface area (Å²) in [5, 5.41) is 11.2. The van der Waals surface area contributed by atoms with Gasteiger partial charge in [0, 0.05) is 11.0 Å². The van der Waals surface area contributed by atoms with Crippen molar-refractivity contribution in [1.82, 2.24) is 5.32 Å². The molecular formula is C13H13BrF3NO3. The summed E-state index contributed by atoms with van der Waals surface area (Å²) in [7, 11) is 0. The van der Waals surface area contributed by atoms with E-state index in [1.165, 1.54) is 0 Å². The van der Waals surface area contributed by atoms with Crippen molar-refractivity contribution >= 4 is 27.8 Å². The number of hydrogen-bond acceptors (Lipinski definition) is 2. The summed E-state index contributed by atoms with van der Waals surface area (Å²) in [5.74, 6) is -2.60. The highest BCUT2D eigenvalue weighted by molar-refractivity contribution is 9.10. The van der Waals surface area contributed by atoms with Crippen molar-refractivity contribution in [3.8, 4) is 0 Å². The fraction of sp³-hybridized carbons (Fsp3) is 0.385. The minimum absolute atomic E-state index is 0.145. The van der Waals surface area contributed by atoms with Crippen LogP contribution < -0.4 is 5.32 Å². The molecule has 116 valence electrons. The Balaban J connectivity index is 2.90. The van der Waals surface area contributed by atoms with Crippen LogP contribution in [-0.2, 0) is 11.0 Å². The SMILES string of the molecule is CCC(CNC(=O)c1cc(C(F)(F)F)ccc1Br)C(=O)O. The molecule has 21 heavy (non-hydrogen) atoms. The van der Waals surface area contributed by atoms with Crippen LogP contribution in [0.15, 0.2) is 22.7 Å². The average molecular weight is 368 g/mol. The van der Waals surface area contributed by atoms with E-state index in [-0.39, 0.29) is 16.6 Å². The third-order valence-corrected chi connectivity index (χ3v) is 3.58. The molecule has 1 atom stereocenters. The van der Waals surface area contributed by atoms with Crippen LogP contribution in [0.3, 0.4) is 0 Å². The number of alkyl halides is 3. The van der Waals surface area contributed by atoms with Crippen LogP contribution in [0.4, 0.5) is 13.2 Å². The van der Waals surface area contributed by atoms with E-state index in [9.17, 15) is 22.8 Å². The van der Waals surface area contributed by atoms with Gasteiger partial charge in [-0.1, -0.05) is 6.92 Å². The quantitative estimate of drug-likeness (QED) is 0.838. The van der Waals surface area contributed by atoms with Gasteiger partial charge in [0.25, 0.3) is 5.91 Å². The first kappa shape index (κ1) is 17.5. The molecule has 0 aliphatic heterocycles. The maximum absolute atomic E-state index is 12.6. The summed E-state index contributed by atoms with van der Waals surface area (Å²) in [6, 6.07) is 2.71. The van der Waals surface area contributed by atoms with Gasteiger partial charge in [0.1, 0.15) is 0 Å². The van der Waals surface area contributed by atoms with Crippen LogP contribution in [0.5, 0.6) is 0 Å². The third-order valence-electron chi connectivity index (χ3n) is 2.89. The number of halogens is 4. The van der Waals surface area contributed by atoms with Crippen molar-refractivity contribution in [1.29, 1.82) is 0 Å². The first-order valence-electron chi connectivity index (χ1n) is 6.04. The van der Waals surface area contributed by atoms with Crippen LogP contribution in [0.2, 0.25) is 0 Å². The van der Waals surface area contributed by atoms with Crippen molar-refractivity contribution in [2.24, 2.45) is 5.92 Å². The zero-order valence-electron chi connectivity index (χ0n) is 11.0. The number of carbonyl (C=O) groups excluding carboxylic acids is 1. The highest BCUT2D eigenvalue weighted by atomic mass is 79.9. The summed E-state index contributed by atoms with van der Waals surface area (Å²) >= 11 is 3.01. The lowest BCUT2D eigenvalue weighted by atomic mass is 10.1. The molecule has 1 aromatic rings. The summed E-state index contributed by atoms with van der Waals surface area (Å²) in [5.41, 5.74) is -1.13. The number of benzene rings is 1. The Morgan fingerprint density at radius 1 is 1.38 bits per heavy atom. The molecule has 2 N–H and O–H groups in total. The summed E-state index contributed by atoms with van der Waals surface area (Å²) in [4.78, 5) is 22.7. The maximum atomic E-state index is 12.6. The van der Waals surface area contributed by atoms with Gasteiger partial charge in [-0.2, -0.15) is 13.2 Å². The van der Waals surface area contributed by atoms with Crippen molar-refractivity contribution in [2.75, 3.05) is 6.54 Å². The molecule has 0 bridgehead atoms. The summed E-state index contributed by atoms with van der Waals surface area (Å²) in [6.45, 7) is 1.50. The van der Waals surface area contributed by atoms with Crippen molar-refractivity contribution in [2.45, 2.75) is 19.5 Å². The zero-order chi connectivity index (χ0) is 16.2. The van der Waals surface area contributed by atoms with E-state index in [1.807, 2.05) is 0 Å². The van der Waals surface area contributed by atoms with E-state index in [1.54, 1.807) is 6.92 Å². The van der Waals surface area contributed by atoms with Crippen LogP contribution >= 0.6 is 15.9 Å². The molecule has 0 heterocycles. The van der Waals surface area contributed by atoms with E-state index < -0.39 is 29.5 Å². The molecule has 0 aromatic heterocycles. The number of carbonyl (C=O) groups is 2. The average Bonchev–Trinajstić information content (AvgIpc) is 2.37. The number of hydrogen-bond donors (Lipinski definition) is 2. The zero-order valence-corrected chi connectivity index (χ0v) is 12.6. The number of nitrogens with one attached hydrogen (secondary N) is 1. The lowest BCUT2D eigenvalue weighted by Crippen LogP contribution is -2.33. The Bertz CT molecular complexity index is 546. The second-order valence-corrected chi connectivity index (χ2v) is 5.20. The van der Waals surface area contributed by atoms with Crippen LogP contribution in [-0.4, -0.2) is 23.5 Å². The Morgan fingerprint density at radius 2 is 2.00 bits per heavy atom. The Morgan fingerprint density at radius 3 is 2.48 bits per heavy atom. The van der Waals surface area contributed by atoms with Gasteiger partial charge in [0.15, 0.2) is 0 Å². The van der Waals surface area contributed by atoms with Crippen LogP contribution in [0.1, 0.15) is 29.3 Å². The Hall–Kier alpha value is -1.57. The van der Waals surface area contributed by atoms with E-state index in [0.29, 0.717) is 6.42 Å². The molecule has 1 rings (SSSR count). The van der Waals surface area contributed by atoms with Crippen LogP contribution in [0, 0.1) is 5.92 Å². The lowest BCUT2D eigenvalue weighted by molar-refractivity contribution is -0.141. The maximum Gasteiger partial charge on any atom is 0.416 e. The van der Waals surface area contributed by atoms with Crippen molar-refractivity contribution in [3.63, 3.8) is 0 Å². The molecule has 0 saturated carbocycles. The molecule has 0 radical (unpaired) electrons. The van der Waals surface area contributed by atoms with E-state index in [2.05, 4.69) is 21.2 Å². The fourth-order valence-corrected chi connectivity index (χ4v) is 2.02. The second-order valence-electron chi connectivity index (χ2n) is 4.35. The Labute approximate surface area is 127 Å². The summed E-state index contributed by atoms with van der Waals surface area (Å²) in [6.07, 6.45) is -4.25. The lowest BCUT2D eigenvalue weighted by Gasteiger charge is -2.13. The molecule has 0 saturated heterocycles. The highest BCUT2D eigenvalue weighted by Crippen LogP contribution is 2.31. The third kappa shape index (κ3) is 4.73. The van der Waals surface area contributed by atoms with Gasteiger partial charge in [-0.25, -0.2) is 0 Å². The standard InChI is InChI=1S/C13H13BrF3NO3/c1-2-7(12(20)21)6-18-11(19)9-5-8(13(15,16)17)3-4-10(9)14/h3-5,7H,2,6H2,1H3,(H,18,19)(H,20,21). The second kappa shape index (κ2) is 6.93. The topological polar surface area (TPSA) is 66.4 Å². The van der Waals surface area contributed by atoms with Crippen molar-refractivity contribution < 1.29 is 27.9 Å². The number of rotatable bonds is 5. The highest BCUT2D eigenvalue weighted by Gasteiger charge is 2.31. The van der Waals surface area contributed by atoms with Gasteiger partial charge >= 0.3 is 12.1 Å². The molecule has 1 aromatic carbocycles. The predicted octanol–water partition coefficient (Wildman–Crippen LogP) is 3.31. The van der Waals surface area contributed by atoms with Gasteiger partial charge < -0.3 is 10.4 Å². The van der Waals surface area contributed by atoms with E-state index in [4.69, 9.17) is 5.11 Å².